The monoisotopic (exact) mass is 376 g/mol. The zero-order valence-electron chi connectivity index (χ0n) is 10.6. The Morgan fingerprint density at radius 3 is 2.45 bits per heavy atom. The molecule has 0 atom stereocenters. The fourth-order valence-electron chi connectivity index (χ4n) is 1.36. The summed E-state index contributed by atoms with van der Waals surface area (Å²) in [5.74, 6) is 0.810. The van der Waals surface area contributed by atoms with Crippen molar-refractivity contribution < 1.29 is 8.42 Å². The Kier molecular flexibility index (Phi) is 4.95. The van der Waals surface area contributed by atoms with E-state index in [0.717, 1.165) is 28.1 Å². The molecule has 0 radical (unpaired) electrons. The van der Waals surface area contributed by atoms with Crippen LogP contribution in [0.25, 0.3) is 0 Å². The van der Waals surface area contributed by atoms with E-state index < -0.39 is 10.0 Å². The maximum atomic E-state index is 12.1. The summed E-state index contributed by atoms with van der Waals surface area (Å²) in [6, 6.07) is 6.47. The summed E-state index contributed by atoms with van der Waals surface area (Å²) >= 11 is 4.37. The second-order valence-electron chi connectivity index (χ2n) is 3.89. The summed E-state index contributed by atoms with van der Waals surface area (Å²) < 4.78 is 27.5. The van der Waals surface area contributed by atoms with Gasteiger partial charge in [0.15, 0.2) is 5.82 Å². The lowest BCUT2D eigenvalue weighted by atomic mass is 10.4. The molecule has 9 heteroatoms. The number of hydrogen-bond acceptors (Lipinski definition) is 6. The van der Waals surface area contributed by atoms with Crippen LogP contribution in [0, 0.1) is 0 Å². The molecule has 2 aromatic rings. The number of anilines is 2. The number of thiophene rings is 1. The summed E-state index contributed by atoms with van der Waals surface area (Å²) in [5, 5.41) is 10.8. The lowest BCUT2D eigenvalue weighted by molar-refractivity contribution is 0.603. The van der Waals surface area contributed by atoms with Crippen molar-refractivity contribution in [1.82, 2.24) is 10.2 Å². The minimum absolute atomic E-state index is 0.191. The van der Waals surface area contributed by atoms with E-state index in [-0.39, 0.29) is 10.0 Å². The number of rotatable bonds is 6. The first-order chi connectivity index (χ1) is 9.51. The second-order valence-corrected chi connectivity index (χ2v) is 8.27. The quantitative estimate of drug-likeness (QED) is 0.809. The zero-order valence-corrected chi connectivity index (χ0v) is 13.8. The lowest BCUT2D eigenvalue weighted by Crippen LogP contribution is -2.13. The molecule has 0 amide bonds. The molecule has 0 aromatic carbocycles. The van der Waals surface area contributed by atoms with Crippen LogP contribution in [-0.2, 0) is 10.0 Å². The molecular formula is C11H13BrN4O2S2. The molecule has 0 unspecified atom stereocenters. The number of halogens is 1. The average molecular weight is 377 g/mol. The van der Waals surface area contributed by atoms with Crippen LogP contribution < -0.4 is 10.0 Å². The van der Waals surface area contributed by atoms with Crippen LogP contribution in [0.3, 0.4) is 0 Å². The third-order valence-electron chi connectivity index (χ3n) is 2.27. The first-order valence-corrected chi connectivity index (χ1v) is 8.96. The molecule has 0 aliphatic rings. The van der Waals surface area contributed by atoms with Crippen LogP contribution in [0.15, 0.2) is 32.3 Å². The van der Waals surface area contributed by atoms with Gasteiger partial charge in [-0.25, -0.2) is 8.42 Å². The van der Waals surface area contributed by atoms with Gasteiger partial charge in [-0.05, 0) is 46.6 Å². The molecule has 0 saturated heterocycles. The highest BCUT2D eigenvalue weighted by atomic mass is 79.9. The average Bonchev–Trinajstić information content (AvgIpc) is 2.85. The predicted octanol–water partition coefficient (Wildman–Crippen LogP) is 2.92. The Hall–Kier alpha value is -1.19. The maximum absolute atomic E-state index is 12.1. The maximum Gasteiger partial charge on any atom is 0.272 e. The molecule has 6 nitrogen and oxygen atoms in total. The van der Waals surface area contributed by atoms with Crippen molar-refractivity contribution in [2.45, 2.75) is 17.6 Å². The molecular weight excluding hydrogens is 364 g/mol. The highest BCUT2D eigenvalue weighted by molar-refractivity contribution is 9.11. The zero-order chi connectivity index (χ0) is 14.6. The largest absolute Gasteiger partial charge is 0.369 e. The van der Waals surface area contributed by atoms with E-state index in [2.05, 4.69) is 36.2 Å². The predicted molar refractivity (Wildman–Crippen MR) is 83.6 cm³/mol. The van der Waals surface area contributed by atoms with Gasteiger partial charge in [0, 0.05) is 6.54 Å². The first-order valence-electron chi connectivity index (χ1n) is 5.87. The van der Waals surface area contributed by atoms with Crippen molar-refractivity contribution in [3.63, 3.8) is 0 Å². The summed E-state index contributed by atoms with van der Waals surface area (Å²) in [7, 11) is -3.61. The van der Waals surface area contributed by atoms with Crippen molar-refractivity contribution in [3.8, 4) is 0 Å². The van der Waals surface area contributed by atoms with E-state index in [0.29, 0.717) is 5.82 Å². The van der Waals surface area contributed by atoms with Crippen LogP contribution in [-0.4, -0.2) is 25.2 Å². The van der Waals surface area contributed by atoms with Gasteiger partial charge in [0.2, 0.25) is 0 Å². The standard InChI is InChI=1S/C11H13BrN4O2S2/c1-2-7-13-9-4-5-10(15-14-9)16-20(17,18)11-6-3-8(12)19-11/h3-6H,2,7H2,1H3,(H,13,14)(H,15,16). The third-order valence-corrected chi connectivity index (χ3v) is 5.74. The highest BCUT2D eigenvalue weighted by Crippen LogP contribution is 2.27. The number of nitrogens with one attached hydrogen (secondary N) is 2. The molecule has 0 aliphatic heterocycles. The molecule has 0 aliphatic carbocycles. The van der Waals surface area contributed by atoms with Gasteiger partial charge < -0.3 is 5.32 Å². The molecule has 2 aromatic heterocycles. The molecule has 2 rings (SSSR count). The molecule has 0 bridgehead atoms. The molecule has 2 heterocycles. The molecule has 20 heavy (non-hydrogen) atoms. The van der Waals surface area contributed by atoms with E-state index >= 15 is 0 Å². The Bertz CT molecular complexity index is 670. The van der Waals surface area contributed by atoms with Crippen LogP contribution in [0.2, 0.25) is 0 Å². The molecule has 0 saturated carbocycles. The Labute approximate surface area is 129 Å². The molecule has 108 valence electrons. The summed E-state index contributed by atoms with van der Waals surface area (Å²) in [6.07, 6.45) is 0.976. The summed E-state index contributed by atoms with van der Waals surface area (Å²) in [4.78, 5) is 0. The molecule has 0 spiro atoms. The number of hydrogen-bond donors (Lipinski definition) is 2. The smallest absolute Gasteiger partial charge is 0.272 e. The van der Waals surface area contributed by atoms with Gasteiger partial charge in [0.1, 0.15) is 10.0 Å². The van der Waals surface area contributed by atoms with Gasteiger partial charge in [-0.3, -0.25) is 4.72 Å². The fraction of sp³-hybridized carbons (Fsp3) is 0.273. The van der Waals surface area contributed by atoms with Gasteiger partial charge >= 0.3 is 0 Å². The number of nitrogens with zero attached hydrogens (tertiary/aromatic N) is 2. The Morgan fingerprint density at radius 1 is 1.20 bits per heavy atom. The van der Waals surface area contributed by atoms with Crippen LogP contribution in [0.1, 0.15) is 13.3 Å². The van der Waals surface area contributed by atoms with Crippen LogP contribution in [0.5, 0.6) is 0 Å². The van der Waals surface area contributed by atoms with E-state index in [1.165, 1.54) is 6.07 Å². The van der Waals surface area contributed by atoms with Gasteiger partial charge in [0.25, 0.3) is 10.0 Å². The Balaban J connectivity index is 2.09. The van der Waals surface area contributed by atoms with Crippen LogP contribution >= 0.6 is 27.3 Å². The van der Waals surface area contributed by atoms with Crippen molar-refractivity contribution in [3.05, 3.63) is 28.1 Å². The van der Waals surface area contributed by atoms with Gasteiger partial charge in [-0.2, -0.15) is 0 Å². The SMILES string of the molecule is CCCNc1ccc(NS(=O)(=O)c2ccc(Br)s2)nn1. The van der Waals surface area contributed by atoms with E-state index in [9.17, 15) is 8.42 Å². The van der Waals surface area contributed by atoms with Crippen LogP contribution in [0.4, 0.5) is 11.6 Å². The van der Waals surface area contributed by atoms with Gasteiger partial charge in [0.05, 0.1) is 3.79 Å². The van der Waals surface area contributed by atoms with Crippen molar-refractivity contribution in [2.75, 3.05) is 16.6 Å². The number of sulfonamides is 1. The highest BCUT2D eigenvalue weighted by Gasteiger charge is 2.17. The summed E-state index contributed by atoms with van der Waals surface area (Å²) in [6.45, 7) is 2.84. The minimum Gasteiger partial charge on any atom is -0.369 e. The first kappa shape index (κ1) is 15.2. The topological polar surface area (TPSA) is 84.0 Å². The Morgan fingerprint density at radius 2 is 1.90 bits per heavy atom. The van der Waals surface area contributed by atoms with E-state index in [4.69, 9.17) is 0 Å². The fourth-order valence-corrected chi connectivity index (χ4v) is 4.37. The summed E-state index contributed by atoms with van der Waals surface area (Å²) in [5.41, 5.74) is 0. The van der Waals surface area contributed by atoms with E-state index in [1.54, 1.807) is 18.2 Å². The van der Waals surface area contributed by atoms with Crippen molar-refractivity contribution >= 4 is 48.9 Å². The van der Waals surface area contributed by atoms with Crippen molar-refractivity contribution in [2.24, 2.45) is 0 Å². The second kappa shape index (κ2) is 6.51. The third kappa shape index (κ3) is 3.90. The van der Waals surface area contributed by atoms with Gasteiger partial charge in [-0.15, -0.1) is 21.5 Å². The minimum atomic E-state index is -3.61. The lowest BCUT2D eigenvalue weighted by Gasteiger charge is -2.06. The molecule has 0 fully saturated rings. The van der Waals surface area contributed by atoms with Crippen molar-refractivity contribution in [1.29, 1.82) is 0 Å². The van der Waals surface area contributed by atoms with Gasteiger partial charge in [-0.1, -0.05) is 6.92 Å². The normalized spacial score (nSPS) is 11.3. The number of aromatic nitrogens is 2. The van der Waals surface area contributed by atoms with E-state index in [1.807, 2.05) is 6.92 Å². The molecule has 2 N–H and O–H groups in total.